The van der Waals surface area contributed by atoms with E-state index in [1.54, 1.807) is 27.0 Å². The molecule has 2 amide bonds. The molecule has 1 aromatic heterocycles. The van der Waals surface area contributed by atoms with E-state index in [9.17, 15) is 9.59 Å². The second-order valence-corrected chi connectivity index (χ2v) is 6.63. The van der Waals surface area contributed by atoms with Gasteiger partial charge >= 0.3 is 12.0 Å². The summed E-state index contributed by atoms with van der Waals surface area (Å²) < 4.78 is 0. The molecule has 0 spiro atoms. The minimum Gasteiger partial charge on any atom is -0.480 e. The van der Waals surface area contributed by atoms with Gasteiger partial charge in [-0.25, -0.2) is 14.6 Å². The summed E-state index contributed by atoms with van der Waals surface area (Å²) in [6.07, 6.45) is 1.69. The molecule has 0 aliphatic carbocycles. The molecule has 1 rings (SSSR count). The lowest BCUT2D eigenvalue weighted by atomic mass is 9.87. The van der Waals surface area contributed by atoms with Crippen molar-refractivity contribution < 1.29 is 14.7 Å². The fraction of sp³-hybridized carbons (Fsp3) is 0.583. The molecule has 0 radical (unpaired) electrons. The number of aliphatic carboxylic acids is 1. The first-order chi connectivity index (χ1) is 8.70. The van der Waals surface area contributed by atoms with Gasteiger partial charge in [0, 0.05) is 11.1 Å². The zero-order valence-corrected chi connectivity index (χ0v) is 12.3. The minimum atomic E-state index is -1.05. The molecule has 0 saturated heterocycles. The number of nitrogens with zero attached hydrogens (tertiary/aromatic N) is 1. The molecule has 19 heavy (non-hydrogen) atoms. The van der Waals surface area contributed by atoms with Gasteiger partial charge in [0.2, 0.25) is 0 Å². The molecule has 0 aliphatic heterocycles. The van der Waals surface area contributed by atoms with Crippen molar-refractivity contribution in [2.75, 3.05) is 0 Å². The number of urea groups is 1. The van der Waals surface area contributed by atoms with Crippen LogP contribution in [0.4, 0.5) is 4.79 Å². The zero-order chi connectivity index (χ0) is 14.6. The Morgan fingerprint density at radius 2 is 2.11 bits per heavy atom. The third-order valence-corrected chi connectivity index (χ3v) is 3.39. The van der Waals surface area contributed by atoms with E-state index in [-0.39, 0.29) is 0 Å². The number of carboxylic acid groups (broad SMARTS) is 1. The SMILES string of the molecule is Cc1ncc(CNC(=O)NC(C(=O)O)C(C)(C)C)s1. The van der Waals surface area contributed by atoms with Crippen molar-refractivity contribution >= 4 is 23.3 Å². The summed E-state index contributed by atoms with van der Waals surface area (Å²) >= 11 is 1.49. The Bertz CT molecular complexity index is 465. The van der Waals surface area contributed by atoms with Crippen LogP contribution in [0.1, 0.15) is 30.7 Å². The Kier molecular flexibility index (Phi) is 4.88. The highest BCUT2D eigenvalue weighted by Gasteiger charge is 2.32. The smallest absolute Gasteiger partial charge is 0.326 e. The van der Waals surface area contributed by atoms with E-state index in [1.165, 1.54) is 11.3 Å². The first kappa shape index (κ1) is 15.4. The molecule has 0 fully saturated rings. The van der Waals surface area contributed by atoms with Crippen LogP contribution < -0.4 is 10.6 Å². The van der Waals surface area contributed by atoms with Crippen molar-refractivity contribution in [3.8, 4) is 0 Å². The van der Waals surface area contributed by atoms with Crippen LogP contribution in [0.3, 0.4) is 0 Å². The van der Waals surface area contributed by atoms with Crippen molar-refractivity contribution in [2.24, 2.45) is 5.41 Å². The van der Waals surface area contributed by atoms with Gasteiger partial charge in [-0.3, -0.25) is 0 Å². The molecule has 1 unspecified atom stereocenters. The lowest BCUT2D eigenvalue weighted by Gasteiger charge is -2.27. The second kappa shape index (κ2) is 6.01. The zero-order valence-electron chi connectivity index (χ0n) is 11.5. The van der Waals surface area contributed by atoms with E-state index < -0.39 is 23.5 Å². The van der Waals surface area contributed by atoms with E-state index in [4.69, 9.17) is 5.11 Å². The number of nitrogens with one attached hydrogen (secondary N) is 2. The molecule has 1 atom stereocenters. The number of rotatable bonds is 4. The van der Waals surface area contributed by atoms with Crippen molar-refractivity contribution in [1.29, 1.82) is 0 Å². The van der Waals surface area contributed by atoms with Crippen molar-refractivity contribution in [3.05, 3.63) is 16.1 Å². The molecule has 7 heteroatoms. The monoisotopic (exact) mass is 285 g/mol. The molecule has 0 saturated carbocycles. The van der Waals surface area contributed by atoms with Gasteiger partial charge < -0.3 is 15.7 Å². The molecule has 0 bridgehead atoms. The van der Waals surface area contributed by atoms with Crippen molar-refractivity contribution in [3.63, 3.8) is 0 Å². The van der Waals surface area contributed by atoms with Gasteiger partial charge in [-0.1, -0.05) is 20.8 Å². The number of thiazole rings is 1. The molecular formula is C12H19N3O3S. The van der Waals surface area contributed by atoms with Crippen molar-refractivity contribution in [2.45, 2.75) is 40.3 Å². The number of aryl methyl sites for hydroxylation is 1. The number of carbonyl (C=O) groups excluding carboxylic acids is 1. The summed E-state index contributed by atoms with van der Waals surface area (Å²) in [5.74, 6) is -1.05. The van der Waals surface area contributed by atoms with Crippen LogP contribution in [-0.2, 0) is 11.3 Å². The Morgan fingerprint density at radius 1 is 1.47 bits per heavy atom. The van der Waals surface area contributed by atoms with Gasteiger partial charge in [0.1, 0.15) is 6.04 Å². The average Bonchev–Trinajstić information content (AvgIpc) is 2.67. The van der Waals surface area contributed by atoms with Crippen LogP contribution in [-0.4, -0.2) is 28.1 Å². The van der Waals surface area contributed by atoms with Gasteiger partial charge in [0.25, 0.3) is 0 Å². The summed E-state index contributed by atoms with van der Waals surface area (Å²) in [7, 11) is 0. The van der Waals surface area contributed by atoms with E-state index >= 15 is 0 Å². The third kappa shape index (κ3) is 4.86. The van der Waals surface area contributed by atoms with Crippen LogP contribution in [0.2, 0.25) is 0 Å². The fourth-order valence-corrected chi connectivity index (χ4v) is 2.22. The lowest BCUT2D eigenvalue weighted by molar-refractivity contribution is -0.141. The summed E-state index contributed by atoms with van der Waals surface area (Å²) in [6.45, 7) is 7.51. The number of aromatic nitrogens is 1. The van der Waals surface area contributed by atoms with Crippen LogP contribution >= 0.6 is 11.3 Å². The van der Waals surface area contributed by atoms with Crippen LogP contribution in [0.15, 0.2) is 6.20 Å². The average molecular weight is 285 g/mol. The van der Waals surface area contributed by atoms with Crippen LogP contribution in [0, 0.1) is 12.3 Å². The second-order valence-electron chi connectivity index (χ2n) is 5.31. The van der Waals surface area contributed by atoms with Crippen LogP contribution in [0.25, 0.3) is 0 Å². The number of carboxylic acids is 1. The maximum absolute atomic E-state index is 11.7. The molecule has 106 valence electrons. The first-order valence-corrected chi connectivity index (χ1v) is 6.70. The lowest BCUT2D eigenvalue weighted by Crippen LogP contribution is -2.52. The van der Waals surface area contributed by atoms with Gasteiger partial charge in [-0.05, 0) is 12.3 Å². The number of amides is 2. The maximum Gasteiger partial charge on any atom is 0.326 e. The highest BCUT2D eigenvalue weighted by molar-refractivity contribution is 7.11. The summed E-state index contributed by atoms with van der Waals surface area (Å²) in [5, 5.41) is 15.1. The Hall–Kier alpha value is -1.63. The largest absolute Gasteiger partial charge is 0.480 e. The topological polar surface area (TPSA) is 91.3 Å². The van der Waals surface area contributed by atoms with Gasteiger partial charge in [-0.2, -0.15) is 0 Å². The minimum absolute atomic E-state index is 0.341. The third-order valence-electron chi connectivity index (χ3n) is 2.48. The van der Waals surface area contributed by atoms with Crippen LogP contribution in [0.5, 0.6) is 0 Å². The number of hydrogen-bond donors (Lipinski definition) is 3. The number of carbonyl (C=O) groups is 2. The van der Waals surface area contributed by atoms with E-state index in [0.717, 1.165) is 9.88 Å². The predicted molar refractivity (Wildman–Crippen MR) is 73.1 cm³/mol. The Balaban J connectivity index is 2.52. The molecule has 3 N–H and O–H groups in total. The molecule has 1 aromatic rings. The van der Waals surface area contributed by atoms with Gasteiger partial charge in [0.05, 0.1) is 11.6 Å². The summed E-state index contributed by atoms with van der Waals surface area (Å²) in [5.41, 5.74) is -0.551. The highest BCUT2D eigenvalue weighted by atomic mass is 32.1. The van der Waals surface area contributed by atoms with E-state index in [0.29, 0.717) is 6.54 Å². The molecule has 6 nitrogen and oxygen atoms in total. The molecule has 0 aromatic carbocycles. The standard InChI is InChI=1S/C12H19N3O3S/c1-7-13-5-8(19-7)6-14-11(18)15-9(10(16)17)12(2,3)4/h5,9H,6H2,1-4H3,(H,16,17)(H2,14,15,18). The quantitative estimate of drug-likeness (QED) is 0.786. The summed E-state index contributed by atoms with van der Waals surface area (Å²) in [6, 6.07) is -1.43. The number of hydrogen-bond acceptors (Lipinski definition) is 4. The first-order valence-electron chi connectivity index (χ1n) is 5.88. The van der Waals surface area contributed by atoms with Gasteiger partial charge in [0.15, 0.2) is 0 Å². The highest BCUT2D eigenvalue weighted by Crippen LogP contribution is 2.19. The van der Waals surface area contributed by atoms with Crippen molar-refractivity contribution in [1.82, 2.24) is 15.6 Å². The van der Waals surface area contributed by atoms with E-state index in [2.05, 4.69) is 15.6 Å². The maximum atomic E-state index is 11.7. The summed E-state index contributed by atoms with van der Waals surface area (Å²) in [4.78, 5) is 27.8. The Morgan fingerprint density at radius 3 is 2.53 bits per heavy atom. The predicted octanol–water partition coefficient (Wildman–Crippen LogP) is 1.75. The molecular weight excluding hydrogens is 266 g/mol. The molecule has 1 heterocycles. The normalized spacial score (nSPS) is 12.8. The van der Waals surface area contributed by atoms with E-state index in [1.807, 2.05) is 6.92 Å². The van der Waals surface area contributed by atoms with Gasteiger partial charge in [-0.15, -0.1) is 11.3 Å². The Labute approximate surface area is 116 Å². The molecule has 0 aliphatic rings. The fourth-order valence-electron chi connectivity index (χ4n) is 1.49.